The highest BCUT2D eigenvalue weighted by atomic mass is 79.9. The van der Waals surface area contributed by atoms with Crippen LogP contribution in [0.1, 0.15) is 30.5 Å². The van der Waals surface area contributed by atoms with Crippen molar-refractivity contribution >= 4 is 56.5 Å². The second kappa shape index (κ2) is 12.8. The van der Waals surface area contributed by atoms with Gasteiger partial charge in [0, 0.05) is 5.69 Å². The zero-order chi connectivity index (χ0) is 27.1. The van der Waals surface area contributed by atoms with E-state index in [1.165, 1.54) is 0 Å². The molecule has 3 amide bonds. The fraction of sp³-hybridized carbons (Fsp3) is 0.207. The van der Waals surface area contributed by atoms with Gasteiger partial charge in [-0.15, -0.1) is 0 Å². The topological polar surface area (TPSA) is 84.9 Å². The first kappa shape index (κ1) is 27.5. The van der Waals surface area contributed by atoms with Crippen molar-refractivity contribution in [2.45, 2.75) is 26.9 Å². The van der Waals surface area contributed by atoms with Crippen molar-refractivity contribution in [3.8, 4) is 11.5 Å². The van der Waals surface area contributed by atoms with Crippen LogP contribution in [0.25, 0.3) is 6.08 Å². The summed E-state index contributed by atoms with van der Waals surface area (Å²) in [6.45, 7) is 4.34. The average Bonchev–Trinajstić information content (AvgIpc) is 3.16. The molecular weight excluding hydrogens is 568 g/mol. The number of rotatable bonds is 10. The minimum absolute atomic E-state index is 0.224. The number of aryl methyl sites for hydroxylation is 1. The van der Waals surface area contributed by atoms with Crippen molar-refractivity contribution in [1.82, 2.24) is 4.90 Å². The average molecular weight is 596 g/mol. The molecule has 1 heterocycles. The van der Waals surface area contributed by atoms with Gasteiger partial charge in [-0.3, -0.25) is 19.3 Å². The summed E-state index contributed by atoms with van der Waals surface area (Å²) in [5.74, 6) is 0.0930. The Morgan fingerprint density at radius 3 is 2.42 bits per heavy atom. The Bertz CT molecular complexity index is 1360. The maximum atomic E-state index is 13.0. The van der Waals surface area contributed by atoms with Crippen LogP contribution in [0.3, 0.4) is 0 Å². The monoisotopic (exact) mass is 594 g/mol. The van der Waals surface area contributed by atoms with Gasteiger partial charge >= 0.3 is 0 Å². The van der Waals surface area contributed by atoms with E-state index >= 15 is 0 Å². The standard InChI is InChI=1S/C29H27BrN2O5S/c1-3-19-10-12-22(13-11-19)31-26(33)17-32-28(34)25(38-29(32)35)16-21-14-23(30)27(24(15-21)36-4-2)37-18-20-8-6-5-7-9-20/h5-16H,3-4,17-18H2,1-2H3,(H,31,33)/b25-16+. The van der Waals surface area contributed by atoms with Crippen LogP contribution in [-0.2, 0) is 22.6 Å². The first-order valence-electron chi connectivity index (χ1n) is 12.1. The molecule has 9 heteroatoms. The summed E-state index contributed by atoms with van der Waals surface area (Å²) < 4.78 is 12.5. The lowest BCUT2D eigenvalue weighted by atomic mass is 10.1. The van der Waals surface area contributed by atoms with Crippen LogP contribution < -0.4 is 14.8 Å². The van der Waals surface area contributed by atoms with Crippen LogP contribution in [0.4, 0.5) is 10.5 Å². The van der Waals surface area contributed by atoms with Crippen LogP contribution in [0.5, 0.6) is 11.5 Å². The predicted octanol–water partition coefficient (Wildman–Crippen LogP) is 6.66. The van der Waals surface area contributed by atoms with E-state index in [4.69, 9.17) is 9.47 Å². The SMILES string of the molecule is CCOc1cc(/C=C2/SC(=O)N(CC(=O)Nc3ccc(CC)cc3)C2=O)cc(Br)c1OCc1ccccc1. The first-order chi connectivity index (χ1) is 18.4. The number of halogens is 1. The molecule has 1 N–H and O–H groups in total. The Morgan fingerprint density at radius 1 is 1.00 bits per heavy atom. The molecule has 3 aromatic rings. The number of benzene rings is 3. The molecule has 1 saturated heterocycles. The van der Waals surface area contributed by atoms with Gasteiger partial charge in [0.1, 0.15) is 13.2 Å². The number of nitrogens with one attached hydrogen (secondary N) is 1. The van der Waals surface area contributed by atoms with E-state index in [9.17, 15) is 14.4 Å². The molecule has 38 heavy (non-hydrogen) atoms. The summed E-state index contributed by atoms with van der Waals surface area (Å²) in [7, 11) is 0. The highest BCUT2D eigenvalue weighted by molar-refractivity contribution is 9.10. The summed E-state index contributed by atoms with van der Waals surface area (Å²) in [6.07, 6.45) is 2.50. The largest absolute Gasteiger partial charge is 0.490 e. The first-order valence-corrected chi connectivity index (χ1v) is 13.8. The van der Waals surface area contributed by atoms with Crippen molar-refractivity contribution in [2.75, 3.05) is 18.5 Å². The number of hydrogen-bond acceptors (Lipinski definition) is 6. The number of nitrogens with zero attached hydrogens (tertiary/aromatic N) is 1. The van der Waals surface area contributed by atoms with Gasteiger partial charge in [0.25, 0.3) is 11.1 Å². The van der Waals surface area contributed by atoms with E-state index in [2.05, 4.69) is 21.2 Å². The maximum absolute atomic E-state index is 13.0. The molecule has 0 radical (unpaired) electrons. The number of carbonyl (C=O) groups excluding carboxylic acids is 3. The van der Waals surface area contributed by atoms with E-state index in [0.29, 0.717) is 40.4 Å². The Kier molecular flexibility index (Phi) is 9.25. The summed E-state index contributed by atoms with van der Waals surface area (Å²) in [6, 6.07) is 20.8. The number of amides is 3. The van der Waals surface area contributed by atoms with Gasteiger partial charge in [-0.25, -0.2) is 0 Å². The Morgan fingerprint density at radius 2 is 1.74 bits per heavy atom. The van der Waals surface area contributed by atoms with E-state index < -0.39 is 17.1 Å². The van der Waals surface area contributed by atoms with Gasteiger partial charge in [-0.2, -0.15) is 0 Å². The molecule has 3 aromatic carbocycles. The highest BCUT2D eigenvalue weighted by Gasteiger charge is 2.36. The van der Waals surface area contributed by atoms with E-state index in [1.54, 1.807) is 30.3 Å². The van der Waals surface area contributed by atoms with Crippen LogP contribution in [0.2, 0.25) is 0 Å². The Labute approximate surface area is 234 Å². The van der Waals surface area contributed by atoms with Gasteiger partial charge in [-0.05, 0) is 88.1 Å². The Hall–Kier alpha value is -3.56. The third kappa shape index (κ3) is 6.85. The lowest BCUT2D eigenvalue weighted by molar-refractivity contribution is -0.127. The van der Waals surface area contributed by atoms with E-state index in [1.807, 2.05) is 56.3 Å². The van der Waals surface area contributed by atoms with Crippen LogP contribution in [0.15, 0.2) is 76.1 Å². The van der Waals surface area contributed by atoms with Crippen LogP contribution >= 0.6 is 27.7 Å². The Balaban J connectivity index is 1.47. The quantitative estimate of drug-likeness (QED) is 0.264. The molecule has 1 aliphatic rings. The van der Waals surface area contributed by atoms with Crippen molar-refractivity contribution in [2.24, 2.45) is 0 Å². The molecular formula is C29H27BrN2O5S. The van der Waals surface area contributed by atoms with E-state index in [-0.39, 0.29) is 11.4 Å². The minimum atomic E-state index is -0.519. The summed E-state index contributed by atoms with van der Waals surface area (Å²) in [4.78, 5) is 39.2. The molecule has 0 atom stereocenters. The summed E-state index contributed by atoms with van der Waals surface area (Å²) in [5.41, 5.74) is 3.42. The molecule has 0 bridgehead atoms. The lowest BCUT2D eigenvalue weighted by Crippen LogP contribution is -2.36. The molecule has 196 valence electrons. The highest BCUT2D eigenvalue weighted by Crippen LogP contribution is 2.39. The second-order valence-corrected chi connectivity index (χ2v) is 10.3. The number of thioether (sulfide) groups is 1. The van der Waals surface area contributed by atoms with Crippen molar-refractivity contribution in [3.05, 3.63) is 92.8 Å². The maximum Gasteiger partial charge on any atom is 0.294 e. The third-order valence-corrected chi connectivity index (χ3v) is 7.17. The summed E-state index contributed by atoms with van der Waals surface area (Å²) >= 11 is 4.34. The van der Waals surface area contributed by atoms with Crippen molar-refractivity contribution in [3.63, 3.8) is 0 Å². The normalized spacial score (nSPS) is 14.2. The van der Waals surface area contributed by atoms with Crippen LogP contribution in [-0.4, -0.2) is 35.1 Å². The number of ether oxygens (including phenoxy) is 2. The third-order valence-electron chi connectivity index (χ3n) is 5.68. The number of anilines is 1. The molecule has 7 nitrogen and oxygen atoms in total. The number of hydrogen-bond donors (Lipinski definition) is 1. The van der Waals surface area contributed by atoms with Gasteiger partial charge < -0.3 is 14.8 Å². The van der Waals surface area contributed by atoms with Gasteiger partial charge in [0.15, 0.2) is 11.5 Å². The zero-order valence-electron chi connectivity index (χ0n) is 21.0. The van der Waals surface area contributed by atoms with Gasteiger partial charge in [-0.1, -0.05) is 49.4 Å². The molecule has 0 unspecified atom stereocenters. The molecule has 0 aromatic heterocycles. The molecule has 1 aliphatic heterocycles. The van der Waals surface area contributed by atoms with E-state index in [0.717, 1.165) is 34.2 Å². The molecule has 1 fully saturated rings. The van der Waals surface area contributed by atoms with Gasteiger partial charge in [0.2, 0.25) is 5.91 Å². The fourth-order valence-corrected chi connectivity index (χ4v) is 5.17. The number of carbonyl (C=O) groups is 3. The van der Waals surface area contributed by atoms with Crippen molar-refractivity contribution < 1.29 is 23.9 Å². The van der Waals surface area contributed by atoms with Crippen molar-refractivity contribution in [1.29, 1.82) is 0 Å². The minimum Gasteiger partial charge on any atom is -0.490 e. The predicted molar refractivity (Wildman–Crippen MR) is 153 cm³/mol. The van der Waals surface area contributed by atoms with Crippen LogP contribution in [0, 0.1) is 0 Å². The fourth-order valence-electron chi connectivity index (χ4n) is 3.76. The molecule has 0 aliphatic carbocycles. The molecule has 0 spiro atoms. The molecule has 4 rings (SSSR count). The smallest absolute Gasteiger partial charge is 0.294 e. The lowest BCUT2D eigenvalue weighted by Gasteiger charge is -2.15. The molecule has 0 saturated carbocycles. The zero-order valence-corrected chi connectivity index (χ0v) is 23.4. The second-order valence-electron chi connectivity index (χ2n) is 8.40. The van der Waals surface area contributed by atoms with Gasteiger partial charge in [0.05, 0.1) is 16.0 Å². The number of imide groups is 1. The summed E-state index contributed by atoms with van der Waals surface area (Å²) in [5, 5.41) is 2.24.